The molecule has 2 heterocycles. The summed E-state index contributed by atoms with van der Waals surface area (Å²) in [5.41, 5.74) is 0.291. The van der Waals surface area contributed by atoms with Crippen molar-refractivity contribution in [3.8, 4) is 0 Å². The summed E-state index contributed by atoms with van der Waals surface area (Å²) < 4.78 is 13.1. The largest absolute Gasteiger partial charge is 0.348 e. The Morgan fingerprint density at radius 1 is 1.23 bits per heavy atom. The van der Waals surface area contributed by atoms with Crippen LogP contribution in [-0.4, -0.2) is 53.9 Å². The zero-order valence-electron chi connectivity index (χ0n) is 14.5. The van der Waals surface area contributed by atoms with Crippen LogP contribution in [0, 0.1) is 11.7 Å². The molecule has 0 saturated carbocycles. The molecule has 0 radical (unpaired) electrons. The van der Waals surface area contributed by atoms with Crippen LogP contribution in [0.2, 0.25) is 5.02 Å². The van der Waals surface area contributed by atoms with E-state index in [1.54, 1.807) is 0 Å². The van der Waals surface area contributed by atoms with Crippen molar-refractivity contribution in [2.24, 2.45) is 5.92 Å². The molecule has 0 bridgehead atoms. The van der Waals surface area contributed by atoms with Crippen LogP contribution in [0.15, 0.2) is 18.2 Å². The predicted molar refractivity (Wildman–Crippen MR) is 103 cm³/mol. The first-order chi connectivity index (χ1) is 12.5. The third kappa shape index (κ3) is 5.11. The Bertz CT molecular complexity index is 662. The van der Waals surface area contributed by atoms with Crippen LogP contribution in [0.3, 0.4) is 0 Å². The highest BCUT2D eigenvalue weighted by atomic mass is 35.5. The standard InChI is InChI=1S/C18H23ClFN3O2S/c19-15-9-13(1-2-16(15)20)22-18(25)17(24)21-10-12-3-6-23(7-4-12)14-5-8-26-11-14/h1-2,9,12,14H,3-8,10-11H2,(H,21,24)(H,22,25). The SMILES string of the molecule is O=C(NCC1CCN(C2CCSC2)CC1)C(=O)Nc1ccc(F)c(Cl)c1. The maximum absolute atomic E-state index is 13.1. The molecule has 2 aliphatic rings. The second kappa shape index (κ2) is 9.06. The maximum atomic E-state index is 13.1. The molecule has 2 N–H and O–H groups in total. The second-order valence-electron chi connectivity index (χ2n) is 6.79. The molecular weight excluding hydrogens is 377 g/mol. The molecule has 1 aromatic rings. The number of thioether (sulfide) groups is 1. The Morgan fingerprint density at radius 3 is 2.65 bits per heavy atom. The van der Waals surface area contributed by atoms with Gasteiger partial charge in [-0.05, 0) is 62.2 Å². The highest BCUT2D eigenvalue weighted by molar-refractivity contribution is 7.99. The van der Waals surface area contributed by atoms with Gasteiger partial charge in [0, 0.05) is 24.0 Å². The molecular formula is C18H23ClFN3O2S. The zero-order chi connectivity index (χ0) is 18.5. The molecule has 2 amide bonds. The number of halogens is 2. The van der Waals surface area contributed by atoms with Crippen molar-refractivity contribution in [1.29, 1.82) is 0 Å². The minimum absolute atomic E-state index is 0.101. The smallest absolute Gasteiger partial charge is 0.313 e. The summed E-state index contributed by atoms with van der Waals surface area (Å²) in [5, 5.41) is 5.03. The van der Waals surface area contributed by atoms with Crippen molar-refractivity contribution in [2.75, 3.05) is 36.5 Å². The highest BCUT2D eigenvalue weighted by Crippen LogP contribution is 2.26. The Kier molecular flexibility index (Phi) is 6.78. The molecule has 3 rings (SSSR count). The minimum Gasteiger partial charge on any atom is -0.348 e. The van der Waals surface area contributed by atoms with Crippen molar-refractivity contribution < 1.29 is 14.0 Å². The summed E-state index contributed by atoms with van der Waals surface area (Å²) in [7, 11) is 0. The van der Waals surface area contributed by atoms with Crippen LogP contribution in [-0.2, 0) is 9.59 Å². The van der Waals surface area contributed by atoms with Gasteiger partial charge in [0.25, 0.3) is 0 Å². The number of anilines is 1. The first-order valence-electron chi connectivity index (χ1n) is 8.89. The number of benzene rings is 1. The van der Waals surface area contributed by atoms with E-state index >= 15 is 0 Å². The van der Waals surface area contributed by atoms with Gasteiger partial charge in [-0.25, -0.2) is 4.39 Å². The van der Waals surface area contributed by atoms with Crippen LogP contribution in [0.1, 0.15) is 19.3 Å². The van der Waals surface area contributed by atoms with Crippen LogP contribution >= 0.6 is 23.4 Å². The van der Waals surface area contributed by atoms with E-state index in [9.17, 15) is 14.0 Å². The third-order valence-electron chi connectivity index (χ3n) is 5.01. The zero-order valence-corrected chi connectivity index (χ0v) is 16.0. The van der Waals surface area contributed by atoms with Crippen molar-refractivity contribution in [3.05, 3.63) is 29.0 Å². The fourth-order valence-electron chi connectivity index (χ4n) is 3.41. The highest BCUT2D eigenvalue weighted by Gasteiger charge is 2.27. The molecule has 5 nitrogen and oxygen atoms in total. The number of carbonyl (C=O) groups is 2. The number of hydrogen-bond donors (Lipinski definition) is 2. The van der Waals surface area contributed by atoms with Crippen molar-refractivity contribution in [1.82, 2.24) is 10.2 Å². The Morgan fingerprint density at radius 2 is 2.00 bits per heavy atom. The summed E-state index contributed by atoms with van der Waals surface area (Å²) in [6.45, 7) is 2.63. The third-order valence-corrected chi connectivity index (χ3v) is 6.44. The van der Waals surface area contributed by atoms with Gasteiger partial charge in [0.1, 0.15) is 5.82 Å². The van der Waals surface area contributed by atoms with Gasteiger partial charge in [-0.15, -0.1) is 0 Å². The molecule has 2 aliphatic heterocycles. The molecule has 0 spiro atoms. The van der Waals surface area contributed by atoms with Gasteiger partial charge in [0.05, 0.1) is 5.02 Å². The number of piperidine rings is 1. The Labute approximate surface area is 162 Å². The number of rotatable bonds is 4. The molecule has 0 aromatic heterocycles. The van der Waals surface area contributed by atoms with Gasteiger partial charge in [-0.1, -0.05) is 11.6 Å². The first kappa shape index (κ1) is 19.5. The number of nitrogens with one attached hydrogen (secondary N) is 2. The molecule has 1 aromatic carbocycles. The summed E-state index contributed by atoms with van der Waals surface area (Å²) in [6, 6.07) is 4.50. The van der Waals surface area contributed by atoms with Crippen molar-refractivity contribution in [2.45, 2.75) is 25.3 Å². The molecule has 2 fully saturated rings. The molecule has 0 aliphatic carbocycles. The average molecular weight is 400 g/mol. The van der Waals surface area contributed by atoms with Gasteiger partial charge >= 0.3 is 11.8 Å². The van der Waals surface area contributed by atoms with Gasteiger partial charge in [-0.3, -0.25) is 14.5 Å². The van der Waals surface area contributed by atoms with Crippen molar-refractivity contribution in [3.63, 3.8) is 0 Å². The van der Waals surface area contributed by atoms with Gasteiger partial charge in [0.2, 0.25) is 0 Å². The summed E-state index contributed by atoms with van der Waals surface area (Å²) in [4.78, 5) is 26.5. The predicted octanol–water partition coefficient (Wildman–Crippen LogP) is 2.75. The van der Waals surface area contributed by atoms with Crippen molar-refractivity contribution >= 4 is 40.9 Å². The number of likely N-dealkylation sites (tertiary alicyclic amines) is 1. The Balaban J connectivity index is 1.39. The second-order valence-corrected chi connectivity index (χ2v) is 8.35. The van der Waals surface area contributed by atoms with E-state index in [0.29, 0.717) is 24.2 Å². The molecule has 142 valence electrons. The average Bonchev–Trinajstić information content (AvgIpc) is 3.18. The molecule has 1 atom stereocenters. The molecule has 1 unspecified atom stereocenters. The van der Waals surface area contributed by atoms with Gasteiger partial charge < -0.3 is 10.6 Å². The van der Waals surface area contributed by atoms with Crippen LogP contribution in [0.5, 0.6) is 0 Å². The number of nitrogens with zero attached hydrogens (tertiary/aromatic N) is 1. The fraction of sp³-hybridized carbons (Fsp3) is 0.556. The van der Waals surface area contributed by atoms with Gasteiger partial charge in [-0.2, -0.15) is 11.8 Å². The van der Waals surface area contributed by atoms with E-state index in [1.807, 2.05) is 11.8 Å². The van der Waals surface area contributed by atoms with E-state index in [0.717, 1.165) is 32.0 Å². The van der Waals surface area contributed by atoms with Gasteiger partial charge in [0.15, 0.2) is 0 Å². The maximum Gasteiger partial charge on any atom is 0.313 e. The summed E-state index contributed by atoms with van der Waals surface area (Å²) >= 11 is 7.69. The molecule has 8 heteroatoms. The van der Waals surface area contributed by atoms with Crippen LogP contribution in [0.4, 0.5) is 10.1 Å². The first-order valence-corrected chi connectivity index (χ1v) is 10.4. The quantitative estimate of drug-likeness (QED) is 0.764. The number of hydrogen-bond acceptors (Lipinski definition) is 4. The number of amides is 2. The lowest BCUT2D eigenvalue weighted by atomic mass is 9.95. The van der Waals surface area contributed by atoms with Crippen LogP contribution in [0.25, 0.3) is 0 Å². The summed E-state index contributed by atoms with van der Waals surface area (Å²) in [5.74, 6) is 0.867. The van der Waals surface area contributed by atoms with E-state index < -0.39 is 17.6 Å². The fourth-order valence-corrected chi connectivity index (χ4v) is 4.85. The minimum atomic E-state index is -0.770. The monoisotopic (exact) mass is 399 g/mol. The normalized spacial score (nSPS) is 21.5. The van der Waals surface area contributed by atoms with E-state index in [1.165, 1.54) is 30.1 Å². The Hall–Kier alpha value is -1.31. The lowest BCUT2D eigenvalue weighted by Gasteiger charge is -2.35. The lowest BCUT2D eigenvalue weighted by Crippen LogP contribution is -2.45. The van der Waals surface area contributed by atoms with E-state index in [-0.39, 0.29) is 5.02 Å². The molecule has 2 saturated heterocycles. The lowest BCUT2D eigenvalue weighted by molar-refractivity contribution is -0.136. The number of carbonyl (C=O) groups excluding carboxylic acids is 2. The van der Waals surface area contributed by atoms with E-state index in [4.69, 9.17) is 11.6 Å². The topological polar surface area (TPSA) is 61.4 Å². The summed E-state index contributed by atoms with van der Waals surface area (Å²) in [6.07, 6.45) is 3.35. The van der Waals surface area contributed by atoms with Crippen LogP contribution < -0.4 is 10.6 Å². The van der Waals surface area contributed by atoms with E-state index in [2.05, 4.69) is 15.5 Å². The molecule has 26 heavy (non-hydrogen) atoms.